The number of amides is 1. The summed E-state index contributed by atoms with van der Waals surface area (Å²) in [5.41, 5.74) is 1.31. The molecule has 2 rings (SSSR count). The van der Waals surface area contributed by atoms with E-state index in [0.717, 1.165) is 5.56 Å². The van der Waals surface area contributed by atoms with Crippen LogP contribution in [0.3, 0.4) is 0 Å². The zero-order valence-electron chi connectivity index (χ0n) is 17.7. The summed E-state index contributed by atoms with van der Waals surface area (Å²) in [5.74, 6) is -2.36. The Bertz CT molecular complexity index is 839. The summed E-state index contributed by atoms with van der Waals surface area (Å²) in [4.78, 5) is 32.4. The van der Waals surface area contributed by atoms with Crippen LogP contribution in [0.2, 0.25) is 0 Å². The highest BCUT2D eigenvalue weighted by Gasteiger charge is 2.42. The Kier molecular flexibility index (Phi) is 9.58. The van der Waals surface area contributed by atoms with Gasteiger partial charge >= 0.3 is 6.18 Å². The molecule has 0 aliphatic rings. The van der Waals surface area contributed by atoms with Gasteiger partial charge in [-0.1, -0.05) is 37.6 Å². The van der Waals surface area contributed by atoms with Crippen molar-refractivity contribution < 1.29 is 22.8 Å². The number of carbonyl (C=O) groups excluding carboxylic acids is 2. The molecule has 6 nitrogen and oxygen atoms in total. The van der Waals surface area contributed by atoms with Crippen molar-refractivity contribution >= 4 is 18.1 Å². The molecule has 1 aromatic heterocycles. The number of hydrogen-bond acceptors (Lipinski definition) is 5. The van der Waals surface area contributed by atoms with Crippen LogP contribution in [0.5, 0.6) is 0 Å². The molecule has 1 N–H and O–H groups in total. The summed E-state index contributed by atoms with van der Waals surface area (Å²) in [6.07, 6.45) is -1.12. The number of rotatable bonds is 7. The number of aryl methyl sites for hydroxylation is 2. The number of aromatic nitrogens is 2. The van der Waals surface area contributed by atoms with Gasteiger partial charge in [-0.25, -0.2) is 9.97 Å². The van der Waals surface area contributed by atoms with Crippen molar-refractivity contribution in [3.8, 4) is 0 Å². The van der Waals surface area contributed by atoms with Crippen molar-refractivity contribution in [2.24, 2.45) is 0 Å². The number of aldehydes is 1. The maximum absolute atomic E-state index is 13.7. The summed E-state index contributed by atoms with van der Waals surface area (Å²) < 4.78 is 41.0. The third-order valence-electron chi connectivity index (χ3n) is 4.08. The Balaban J connectivity index is 0.00000218. The summed E-state index contributed by atoms with van der Waals surface area (Å²) in [6, 6.07) is 4.31. The average molecular weight is 424 g/mol. The molecule has 0 aliphatic carbocycles. The number of anilines is 1. The molecular formula is C21H27F3N4O2. The van der Waals surface area contributed by atoms with Crippen LogP contribution in [-0.4, -0.2) is 53.4 Å². The van der Waals surface area contributed by atoms with Gasteiger partial charge in [-0.3, -0.25) is 19.8 Å². The van der Waals surface area contributed by atoms with E-state index < -0.39 is 24.5 Å². The topological polar surface area (TPSA) is 75.2 Å². The van der Waals surface area contributed by atoms with Crippen LogP contribution in [0.1, 0.15) is 46.8 Å². The number of halogens is 3. The van der Waals surface area contributed by atoms with Gasteiger partial charge in [-0.2, -0.15) is 13.2 Å². The Morgan fingerprint density at radius 1 is 1.17 bits per heavy atom. The largest absolute Gasteiger partial charge is 0.396 e. The minimum atomic E-state index is -4.57. The standard InChI is InChI=1S/C19H21F3N4O2.C2H6/c1-12-4-5-14(11-27)15(6-12)16(19(20,21)22)9-26(3)10-17(28)25-18-23-7-13(2)8-24-18;1-2/h4-8,11,16H,9-10H2,1-3H3,(H,23,24,25,28);1-2H3. The lowest BCUT2D eigenvalue weighted by Gasteiger charge is -2.27. The minimum absolute atomic E-state index is 0.0150. The lowest BCUT2D eigenvalue weighted by Crippen LogP contribution is -2.38. The van der Waals surface area contributed by atoms with E-state index >= 15 is 0 Å². The van der Waals surface area contributed by atoms with Gasteiger partial charge in [-0.05, 0) is 32.0 Å². The number of nitrogens with one attached hydrogen (secondary N) is 1. The lowest BCUT2D eigenvalue weighted by molar-refractivity contribution is -0.154. The lowest BCUT2D eigenvalue weighted by atomic mass is 9.92. The molecule has 1 amide bonds. The highest BCUT2D eigenvalue weighted by Crippen LogP contribution is 2.37. The molecule has 0 fully saturated rings. The Labute approximate surface area is 174 Å². The van der Waals surface area contributed by atoms with Crippen molar-refractivity contribution in [3.63, 3.8) is 0 Å². The molecule has 1 aromatic carbocycles. The molecule has 0 spiro atoms. The number of alkyl halides is 3. The summed E-state index contributed by atoms with van der Waals surface area (Å²) in [6.45, 7) is 6.68. The van der Waals surface area contributed by atoms with Crippen LogP contribution >= 0.6 is 0 Å². The SMILES string of the molecule is CC.Cc1cnc(NC(=O)CN(C)CC(c2cc(C)ccc2C=O)C(F)(F)F)nc1. The van der Waals surface area contributed by atoms with E-state index in [1.807, 2.05) is 13.8 Å². The molecule has 2 aromatic rings. The Morgan fingerprint density at radius 2 is 1.77 bits per heavy atom. The molecule has 164 valence electrons. The van der Waals surface area contributed by atoms with Crippen LogP contribution in [0.4, 0.5) is 19.1 Å². The maximum Gasteiger partial charge on any atom is 0.396 e. The first kappa shape index (κ1) is 25.2. The number of benzene rings is 1. The van der Waals surface area contributed by atoms with E-state index in [1.165, 1.54) is 36.5 Å². The molecule has 0 radical (unpaired) electrons. The highest BCUT2D eigenvalue weighted by molar-refractivity contribution is 5.90. The first-order valence-electron chi connectivity index (χ1n) is 9.49. The normalized spacial score (nSPS) is 12.0. The van der Waals surface area contributed by atoms with E-state index in [4.69, 9.17) is 0 Å². The molecule has 1 atom stereocenters. The first-order chi connectivity index (χ1) is 14.1. The van der Waals surface area contributed by atoms with E-state index in [2.05, 4.69) is 15.3 Å². The van der Waals surface area contributed by atoms with Gasteiger partial charge in [0.1, 0.15) is 6.29 Å². The molecule has 0 saturated heterocycles. The van der Waals surface area contributed by atoms with Crippen LogP contribution in [0, 0.1) is 13.8 Å². The van der Waals surface area contributed by atoms with Crippen molar-refractivity contribution in [2.75, 3.05) is 25.5 Å². The summed E-state index contributed by atoms with van der Waals surface area (Å²) in [7, 11) is 1.41. The second-order valence-corrected chi connectivity index (χ2v) is 6.67. The Morgan fingerprint density at radius 3 is 2.30 bits per heavy atom. The van der Waals surface area contributed by atoms with Crippen LogP contribution in [0.25, 0.3) is 0 Å². The van der Waals surface area contributed by atoms with Crippen LogP contribution in [0.15, 0.2) is 30.6 Å². The van der Waals surface area contributed by atoms with Gasteiger partial charge in [0.2, 0.25) is 11.9 Å². The predicted molar refractivity (Wildman–Crippen MR) is 110 cm³/mol. The smallest absolute Gasteiger partial charge is 0.298 e. The molecule has 1 unspecified atom stereocenters. The number of carbonyl (C=O) groups is 2. The summed E-state index contributed by atoms with van der Waals surface area (Å²) in [5, 5.41) is 2.44. The quantitative estimate of drug-likeness (QED) is 0.676. The molecule has 9 heteroatoms. The van der Waals surface area contributed by atoms with Gasteiger partial charge in [0.25, 0.3) is 0 Å². The van der Waals surface area contributed by atoms with E-state index in [-0.39, 0.29) is 23.6 Å². The van der Waals surface area contributed by atoms with Crippen molar-refractivity contribution in [1.82, 2.24) is 14.9 Å². The molecule has 0 saturated carbocycles. The molecular weight excluding hydrogens is 397 g/mol. The fraction of sp³-hybridized carbons (Fsp3) is 0.429. The zero-order chi connectivity index (χ0) is 22.9. The number of nitrogens with zero attached hydrogens (tertiary/aromatic N) is 3. The second-order valence-electron chi connectivity index (χ2n) is 6.67. The predicted octanol–water partition coefficient (Wildman–Crippen LogP) is 4.15. The van der Waals surface area contributed by atoms with Gasteiger partial charge < -0.3 is 0 Å². The molecule has 30 heavy (non-hydrogen) atoms. The molecule has 1 heterocycles. The van der Waals surface area contributed by atoms with Gasteiger partial charge in [-0.15, -0.1) is 0 Å². The minimum Gasteiger partial charge on any atom is -0.298 e. The van der Waals surface area contributed by atoms with Gasteiger partial charge in [0.05, 0.1) is 12.5 Å². The molecule has 0 aliphatic heterocycles. The first-order valence-corrected chi connectivity index (χ1v) is 9.49. The summed E-state index contributed by atoms with van der Waals surface area (Å²) >= 11 is 0. The van der Waals surface area contributed by atoms with Crippen molar-refractivity contribution in [1.29, 1.82) is 0 Å². The van der Waals surface area contributed by atoms with E-state index in [0.29, 0.717) is 11.8 Å². The number of hydrogen-bond donors (Lipinski definition) is 1. The number of likely N-dealkylation sites (N-methyl/N-ethyl adjacent to an activating group) is 1. The maximum atomic E-state index is 13.7. The third-order valence-corrected chi connectivity index (χ3v) is 4.08. The van der Waals surface area contributed by atoms with E-state index in [1.54, 1.807) is 19.9 Å². The fourth-order valence-electron chi connectivity index (χ4n) is 2.72. The zero-order valence-corrected chi connectivity index (χ0v) is 17.7. The average Bonchev–Trinajstić information content (AvgIpc) is 2.68. The van der Waals surface area contributed by atoms with Crippen molar-refractivity contribution in [2.45, 2.75) is 39.8 Å². The van der Waals surface area contributed by atoms with E-state index in [9.17, 15) is 22.8 Å². The van der Waals surface area contributed by atoms with Crippen LogP contribution in [-0.2, 0) is 4.79 Å². The highest BCUT2D eigenvalue weighted by atomic mass is 19.4. The fourth-order valence-corrected chi connectivity index (χ4v) is 2.72. The van der Waals surface area contributed by atoms with Gasteiger partial charge in [0.15, 0.2) is 0 Å². The van der Waals surface area contributed by atoms with Gasteiger partial charge in [0, 0.05) is 24.5 Å². The second kappa shape index (κ2) is 11.4. The molecule has 0 bridgehead atoms. The third kappa shape index (κ3) is 7.55. The van der Waals surface area contributed by atoms with Crippen molar-refractivity contribution in [3.05, 3.63) is 52.8 Å². The van der Waals surface area contributed by atoms with Crippen LogP contribution < -0.4 is 5.32 Å². The monoisotopic (exact) mass is 424 g/mol. The Hall–Kier alpha value is -2.81.